The molecule has 1 fully saturated rings. The summed E-state index contributed by atoms with van der Waals surface area (Å²) in [4.78, 5) is 0. The third-order valence-electron chi connectivity index (χ3n) is 4.34. The average Bonchev–Trinajstić information content (AvgIpc) is 2.93. The van der Waals surface area contributed by atoms with E-state index in [0.717, 1.165) is 30.5 Å². The normalized spacial score (nSPS) is 25.9. The Hall–Kier alpha value is -1.65. The number of aryl methyl sites for hydroxylation is 1. The second-order valence-corrected chi connectivity index (χ2v) is 5.74. The van der Waals surface area contributed by atoms with E-state index in [9.17, 15) is 5.11 Å². The van der Waals surface area contributed by atoms with E-state index in [1.165, 1.54) is 0 Å². The maximum Gasteiger partial charge on any atom is 0.0885 e. The minimum absolute atomic E-state index is 0.0983. The predicted molar refractivity (Wildman–Crippen MR) is 80.8 cm³/mol. The van der Waals surface area contributed by atoms with Gasteiger partial charge in [0.2, 0.25) is 0 Å². The zero-order valence-electron chi connectivity index (χ0n) is 12.4. The first-order valence-corrected chi connectivity index (χ1v) is 7.57. The van der Waals surface area contributed by atoms with Crippen LogP contribution in [0.3, 0.4) is 0 Å². The molecule has 1 aliphatic carbocycles. The molecular formula is C17H22N2O2. The molecule has 0 bridgehead atoms. The van der Waals surface area contributed by atoms with Gasteiger partial charge in [0.1, 0.15) is 0 Å². The van der Waals surface area contributed by atoms with E-state index in [1.807, 2.05) is 48.1 Å². The lowest BCUT2D eigenvalue weighted by molar-refractivity contribution is -0.0767. The number of aliphatic hydroxyl groups is 1. The molecule has 0 saturated heterocycles. The van der Waals surface area contributed by atoms with Crippen LogP contribution in [0.25, 0.3) is 0 Å². The fraction of sp³-hybridized carbons (Fsp3) is 0.471. The van der Waals surface area contributed by atoms with E-state index >= 15 is 0 Å². The molecule has 3 atom stereocenters. The smallest absolute Gasteiger partial charge is 0.0885 e. The summed E-state index contributed by atoms with van der Waals surface area (Å²) in [7, 11) is 1.93. The van der Waals surface area contributed by atoms with Gasteiger partial charge in [0.25, 0.3) is 0 Å². The Morgan fingerprint density at radius 3 is 2.76 bits per heavy atom. The van der Waals surface area contributed by atoms with Gasteiger partial charge in [-0.3, -0.25) is 4.68 Å². The standard InChI is InChI=1S/C17H22N2O2/c1-19-15(10-11-18-19)14-8-5-9-16(17(14)20)21-12-13-6-3-2-4-7-13/h2-4,6-7,10-11,14,16-17,20H,5,8-9,12H2,1H3/t14-,16+,17-/m1/s1. The molecular weight excluding hydrogens is 264 g/mol. The van der Waals surface area contributed by atoms with Crippen molar-refractivity contribution in [2.45, 2.75) is 44.0 Å². The zero-order valence-corrected chi connectivity index (χ0v) is 12.4. The predicted octanol–water partition coefficient (Wildman–Crippen LogP) is 2.63. The summed E-state index contributed by atoms with van der Waals surface area (Å²) in [5, 5.41) is 14.8. The highest BCUT2D eigenvalue weighted by Gasteiger charge is 2.34. The van der Waals surface area contributed by atoms with Crippen LogP contribution in [0, 0.1) is 0 Å². The number of hydrogen-bond acceptors (Lipinski definition) is 3. The van der Waals surface area contributed by atoms with Crippen LogP contribution in [-0.2, 0) is 18.4 Å². The monoisotopic (exact) mass is 286 g/mol. The van der Waals surface area contributed by atoms with Gasteiger partial charge in [0, 0.05) is 24.9 Å². The molecule has 1 aromatic carbocycles. The van der Waals surface area contributed by atoms with Gasteiger partial charge >= 0.3 is 0 Å². The van der Waals surface area contributed by atoms with Crippen molar-refractivity contribution in [3.63, 3.8) is 0 Å². The van der Waals surface area contributed by atoms with Crippen molar-refractivity contribution >= 4 is 0 Å². The molecule has 4 nitrogen and oxygen atoms in total. The topological polar surface area (TPSA) is 47.3 Å². The van der Waals surface area contributed by atoms with Gasteiger partial charge in [-0.25, -0.2) is 0 Å². The molecule has 0 radical (unpaired) electrons. The fourth-order valence-electron chi connectivity index (χ4n) is 3.17. The number of hydrogen-bond donors (Lipinski definition) is 1. The molecule has 0 amide bonds. The van der Waals surface area contributed by atoms with Crippen molar-refractivity contribution in [2.24, 2.45) is 7.05 Å². The number of aromatic nitrogens is 2. The summed E-state index contributed by atoms with van der Waals surface area (Å²) < 4.78 is 7.82. The molecule has 1 aromatic heterocycles. The molecule has 1 N–H and O–H groups in total. The Labute approximate surface area is 125 Å². The summed E-state index contributed by atoms with van der Waals surface area (Å²) in [6.07, 6.45) is 4.22. The van der Waals surface area contributed by atoms with Gasteiger partial charge in [0.15, 0.2) is 0 Å². The van der Waals surface area contributed by atoms with Gasteiger partial charge in [-0.1, -0.05) is 30.3 Å². The molecule has 1 aliphatic rings. The lowest BCUT2D eigenvalue weighted by atomic mass is 9.82. The molecule has 21 heavy (non-hydrogen) atoms. The first-order chi connectivity index (χ1) is 10.3. The molecule has 3 rings (SSSR count). The Bertz CT molecular complexity index is 567. The van der Waals surface area contributed by atoms with E-state index in [4.69, 9.17) is 4.74 Å². The molecule has 112 valence electrons. The molecule has 2 aromatic rings. The number of nitrogens with zero attached hydrogens (tertiary/aromatic N) is 2. The summed E-state index contributed by atoms with van der Waals surface area (Å²) in [5.74, 6) is 0.118. The molecule has 0 aliphatic heterocycles. The first-order valence-electron chi connectivity index (χ1n) is 7.57. The van der Waals surface area contributed by atoms with E-state index in [-0.39, 0.29) is 12.0 Å². The summed E-state index contributed by atoms with van der Waals surface area (Å²) >= 11 is 0. The first kappa shape index (κ1) is 14.3. The van der Waals surface area contributed by atoms with Crippen molar-refractivity contribution in [3.8, 4) is 0 Å². The molecule has 4 heteroatoms. The lowest BCUT2D eigenvalue weighted by Gasteiger charge is -2.34. The van der Waals surface area contributed by atoms with E-state index in [2.05, 4.69) is 5.10 Å². The maximum absolute atomic E-state index is 10.6. The lowest BCUT2D eigenvalue weighted by Crippen LogP contribution is -2.38. The molecule has 0 spiro atoms. The fourth-order valence-corrected chi connectivity index (χ4v) is 3.17. The van der Waals surface area contributed by atoms with Crippen LogP contribution in [0.5, 0.6) is 0 Å². The molecule has 0 unspecified atom stereocenters. The number of rotatable bonds is 4. The van der Waals surface area contributed by atoms with Crippen LogP contribution in [0.15, 0.2) is 42.6 Å². The quantitative estimate of drug-likeness (QED) is 0.940. The second kappa shape index (κ2) is 6.41. The Balaban J connectivity index is 1.65. The zero-order chi connectivity index (χ0) is 14.7. The largest absolute Gasteiger partial charge is 0.390 e. The Morgan fingerprint density at radius 1 is 1.24 bits per heavy atom. The van der Waals surface area contributed by atoms with E-state index < -0.39 is 6.10 Å². The number of ether oxygens (including phenoxy) is 1. The van der Waals surface area contributed by atoms with Crippen LogP contribution in [0.1, 0.15) is 36.4 Å². The summed E-state index contributed by atoms with van der Waals surface area (Å²) in [6, 6.07) is 12.1. The number of benzene rings is 1. The van der Waals surface area contributed by atoms with Gasteiger partial charge in [-0.05, 0) is 30.9 Å². The summed E-state index contributed by atoms with van der Waals surface area (Å²) in [6.45, 7) is 0.556. The van der Waals surface area contributed by atoms with Crippen LogP contribution in [0.2, 0.25) is 0 Å². The van der Waals surface area contributed by atoms with Crippen LogP contribution >= 0.6 is 0 Å². The SMILES string of the molecule is Cn1nccc1[C@H]1CCC[C@H](OCc2ccccc2)[C@@H]1O. The molecule has 1 heterocycles. The van der Waals surface area contributed by atoms with E-state index in [0.29, 0.717) is 6.61 Å². The van der Waals surface area contributed by atoms with Crippen LogP contribution in [-0.4, -0.2) is 27.1 Å². The number of aliphatic hydroxyl groups excluding tert-OH is 1. The van der Waals surface area contributed by atoms with Gasteiger partial charge < -0.3 is 9.84 Å². The molecule has 1 saturated carbocycles. The van der Waals surface area contributed by atoms with Gasteiger partial charge in [-0.2, -0.15) is 5.10 Å². The Morgan fingerprint density at radius 2 is 2.05 bits per heavy atom. The average molecular weight is 286 g/mol. The van der Waals surface area contributed by atoms with Crippen LogP contribution in [0.4, 0.5) is 0 Å². The van der Waals surface area contributed by atoms with Crippen molar-refractivity contribution < 1.29 is 9.84 Å². The highest BCUT2D eigenvalue weighted by Crippen LogP contribution is 2.34. The summed E-state index contributed by atoms with van der Waals surface area (Å²) in [5.41, 5.74) is 2.24. The van der Waals surface area contributed by atoms with Crippen molar-refractivity contribution in [1.82, 2.24) is 9.78 Å². The van der Waals surface area contributed by atoms with Crippen molar-refractivity contribution in [3.05, 3.63) is 53.9 Å². The van der Waals surface area contributed by atoms with Crippen molar-refractivity contribution in [2.75, 3.05) is 0 Å². The minimum Gasteiger partial charge on any atom is -0.390 e. The van der Waals surface area contributed by atoms with Crippen molar-refractivity contribution in [1.29, 1.82) is 0 Å². The highest BCUT2D eigenvalue weighted by atomic mass is 16.5. The van der Waals surface area contributed by atoms with E-state index in [1.54, 1.807) is 6.20 Å². The highest BCUT2D eigenvalue weighted by molar-refractivity contribution is 5.14. The van der Waals surface area contributed by atoms with Crippen LogP contribution < -0.4 is 0 Å². The van der Waals surface area contributed by atoms with Gasteiger partial charge in [0.05, 0.1) is 18.8 Å². The third-order valence-corrected chi connectivity index (χ3v) is 4.34. The maximum atomic E-state index is 10.6. The van der Waals surface area contributed by atoms with Gasteiger partial charge in [-0.15, -0.1) is 0 Å². The second-order valence-electron chi connectivity index (χ2n) is 5.74. The Kier molecular flexibility index (Phi) is 4.36. The minimum atomic E-state index is -0.460. The third kappa shape index (κ3) is 3.17.